The van der Waals surface area contributed by atoms with E-state index in [0.717, 1.165) is 17.4 Å². The van der Waals surface area contributed by atoms with E-state index in [4.69, 9.17) is 9.47 Å². The molecule has 35 heavy (non-hydrogen) atoms. The second kappa shape index (κ2) is 11.1. The average molecular weight is 493 g/mol. The Morgan fingerprint density at radius 1 is 1.06 bits per heavy atom. The monoisotopic (exact) mass is 492 g/mol. The fraction of sp³-hybridized carbons (Fsp3) is 0.130. The number of hydrogen-bond acceptors (Lipinski definition) is 9. The van der Waals surface area contributed by atoms with E-state index in [1.54, 1.807) is 24.3 Å². The Balaban J connectivity index is 1.44. The Kier molecular flexibility index (Phi) is 7.53. The van der Waals surface area contributed by atoms with E-state index in [1.165, 1.54) is 22.9 Å². The zero-order chi connectivity index (χ0) is 24.6. The number of thioether (sulfide) groups is 1. The summed E-state index contributed by atoms with van der Waals surface area (Å²) in [6.07, 6.45) is 0. The number of amides is 1. The highest BCUT2D eigenvalue weighted by atomic mass is 32.2. The Labute approximate surface area is 204 Å². The smallest absolute Gasteiger partial charge is 0.275 e. The second-order valence-electron chi connectivity index (χ2n) is 7.02. The number of carbonyl (C=O) groups is 1. The number of aromatic nitrogens is 4. The summed E-state index contributed by atoms with van der Waals surface area (Å²) in [6, 6.07) is 20.2. The van der Waals surface area contributed by atoms with Crippen molar-refractivity contribution in [1.29, 1.82) is 0 Å². The molecule has 4 rings (SSSR count). The van der Waals surface area contributed by atoms with Gasteiger partial charge in [0.05, 0.1) is 34.7 Å². The Bertz CT molecular complexity index is 1310. The number of carbonyl (C=O) groups excluding carboxylic acids is 1. The SMILES string of the molecule is CCOc1ccc(Oc2cc(NC(=O)CSc3nnnn3-c3ccccc3)cc([N+](=O)[O-])c2)cc1. The molecular formula is C23H20N6O5S. The van der Waals surface area contributed by atoms with Gasteiger partial charge in [-0.25, -0.2) is 0 Å². The molecule has 0 radical (unpaired) electrons. The summed E-state index contributed by atoms with van der Waals surface area (Å²) in [6.45, 7) is 2.42. The van der Waals surface area contributed by atoms with E-state index in [0.29, 0.717) is 23.3 Å². The standard InChI is InChI=1S/C23H20N6O5S/c1-2-33-19-8-10-20(11-9-19)34-21-13-16(12-18(14-21)29(31)32)24-22(30)15-35-23-25-26-27-28(23)17-6-4-3-5-7-17/h3-14H,2,15H2,1H3,(H,24,30). The van der Waals surface area contributed by atoms with Crippen molar-refractivity contribution in [2.75, 3.05) is 17.7 Å². The minimum Gasteiger partial charge on any atom is -0.494 e. The number of rotatable bonds is 10. The minimum absolute atomic E-state index is 0.00895. The zero-order valence-corrected chi connectivity index (χ0v) is 19.3. The highest BCUT2D eigenvalue weighted by Crippen LogP contribution is 2.31. The highest BCUT2D eigenvalue weighted by Gasteiger charge is 2.15. The number of nitrogens with zero attached hydrogens (tertiary/aromatic N) is 5. The van der Waals surface area contributed by atoms with Gasteiger partial charge in [-0.3, -0.25) is 14.9 Å². The summed E-state index contributed by atoms with van der Waals surface area (Å²) in [7, 11) is 0. The van der Waals surface area contributed by atoms with Crippen LogP contribution in [0.1, 0.15) is 6.92 Å². The third-order valence-electron chi connectivity index (χ3n) is 4.53. The van der Waals surface area contributed by atoms with Crippen molar-refractivity contribution < 1.29 is 19.2 Å². The predicted octanol–water partition coefficient (Wildman–Crippen LogP) is 4.49. The van der Waals surface area contributed by atoms with Crippen LogP contribution in [0, 0.1) is 10.1 Å². The molecule has 0 saturated carbocycles. The Morgan fingerprint density at radius 2 is 1.80 bits per heavy atom. The minimum atomic E-state index is -0.552. The third-order valence-corrected chi connectivity index (χ3v) is 5.45. The van der Waals surface area contributed by atoms with Crippen molar-refractivity contribution in [2.24, 2.45) is 0 Å². The third kappa shape index (κ3) is 6.32. The van der Waals surface area contributed by atoms with Crippen LogP contribution in [0.4, 0.5) is 11.4 Å². The first-order valence-electron chi connectivity index (χ1n) is 10.5. The molecule has 0 atom stereocenters. The van der Waals surface area contributed by atoms with E-state index in [-0.39, 0.29) is 28.8 Å². The lowest BCUT2D eigenvalue weighted by Crippen LogP contribution is -2.15. The van der Waals surface area contributed by atoms with Crippen LogP contribution in [0.25, 0.3) is 5.69 Å². The molecule has 1 N–H and O–H groups in total. The molecule has 0 saturated heterocycles. The zero-order valence-electron chi connectivity index (χ0n) is 18.5. The second-order valence-corrected chi connectivity index (χ2v) is 7.97. The average Bonchev–Trinajstić information content (AvgIpc) is 3.33. The summed E-state index contributed by atoms with van der Waals surface area (Å²) in [5.74, 6) is 0.965. The first-order chi connectivity index (χ1) is 17.0. The van der Waals surface area contributed by atoms with Gasteiger partial charge in [-0.15, -0.1) is 5.10 Å². The van der Waals surface area contributed by atoms with Gasteiger partial charge in [0.25, 0.3) is 5.69 Å². The van der Waals surface area contributed by atoms with Gasteiger partial charge in [0.1, 0.15) is 17.2 Å². The maximum atomic E-state index is 12.6. The molecule has 12 heteroatoms. The summed E-state index contributed by atoms with van der Waals surface area (Å²) in [4.78, 5) is 23.4. The molecule has 0 fully saturated rings. The molecule has 0 unspecified atom stereocenters. The molecule has 4 aromatic rings. The lowest BCUT2D eigenvalue weighted by Gasteiger charge is -2.10. The molecule has 0 aliphatic heterocycles. The van der Waals surface area contributed by atoms with Gasteiger partial charge in [0, 0.05) is 12.1 Å². The van der Waals surface area contributed by atoms with Crippen molar-refractivity contribution in [3.05, 3.63) is 82.9 Å². The lowest BCUT2D eigenvalue weighted by atomic mass is 10.2. The van der Waals surface area contributed by atoms with E-state index < -0.39 is 4.92 Å². The van der Waals surface area contributed by atoms with Gasteiger partial charge in [-0.1, -0.05) is 30.0 Å². The van der Waals surface area contributed by atoms with Crippen LogP contribution in [-0.2, 0) is 4.79 Å². The van der Waals surface area contributed by atoms with Crippen molar-refractivity contribution in [2.45, 2.75) is 12.1 Å². The van der Waals surface area contributed by atoms with Crippen LogP contribution in [-0.4, -0.2) is 43.4 Å². The van der Waals surface area contributed by atoms with Crippen molar-refractivity contribution >= 4 is 29.0 Å². The van der Waals surface area contributed by atoms with Crippen molar-refractivity contribution in [3.8, 4) is 22.9 Å². The van der Waals surface area contributed by atoms with Crippen LogP contribution >= 0.6 is 11.8 Å². The van der Waals surface area contributed by atoms with E-state index >= 15 is 0 Å². The topological polar surface area (TPSA) is 134 Å². The van der Waals surface area contributed by atoms with Crippen LogP contribution in [0.2, 0.25) is 0 Å². The largest absolute Gasteiger partial charge is 0.494 e. The fourth-order valence-electron chi connectivity index (χ4n) is 3.05. The molecule has 178 valence electrons. The number of para-hydroxylation sites is 1. The molecule has 0 aliphatic carbocycles. The molecular weight excluding hydrogens is 472 g/mol. The summed E-state index contributed by atoms with van der Waals surface area (Å²) < 4.78 is 12.7. The Hall–Kier alpha value is -4.45. The molecule has 1 amide bonds. The number of benzene rings is 3. The number of ether oxygens (including phenoxy) is 2. The number of nitro benzene ring substituents is 1. The number of tetrazole rings is 1. The normalized spacial score (nSPS) is 10.5. The first-order valence-corrected chi connectivity index (χ1v) is 11.5. The maximum Gasteiger partial charge on any atom is 0.275 e. The molecule has 0 bridgehead atoms. The lowest BCUT2D eigenvalue weighted by molar-refractivity contribution is -0.384. The molecule has 0 aliphatic rings. The van der Waals surface area contributed by atoms with E-state index in [2.05, 4.69) is 20.8 Å². The van der Waals surface area contributed by atoms with Crippen molar-refractivity contribution in [3.63, 3.8) is 0 Å². The number of non-ortho nitro benzene ring substituents is 1. The molecule has 1 heterocycles. The number of nitrogens with one attached hydrogen (secondary N) is 1. The predicted molar refractivity (Wildman–Crippen MR) is 129 cm³/mol. The van der Waals surface area contributed by atoms with Gasteiger partial charge < -0.3 is 14.8 Å². The summed E-state index contributed by atoms with van der Waals surface area (Å²) >= 11 is 1.14. The van der Waals surface area contributed by atoms with Gasteiger partial charge in [0.2, 0.25) is 11.1 Å². The quantitative estimate of drug-likeness (QED) is 0.193. The number of nitro groups is 1. The number of hydrogen-bond donors (Lipinski definition) is 1. The van der Waals surface area contributed by atoms with Crippen LogP contribution < -0.4 is 14.8 Å². The molecule has 0 spiro atoms. The summed E-state index contributed by atoms with van der Waals surface area (Å²) in [5, 5.41) is 26.1. The number of anilines is 1. The van der Waals surface area contributed by atoms with Gasteiger partial charge in [-0.2, -0.15) is 4.68 Å². The molecule has 1 aromatic heterocycles. The van der Waals surface area contributed by atoms with Gasteiger partial charge in [-0.05, 0) is 53.7 Å². The van der Waals surface area contributed by atoms with E-state index in [1.807, 2.05) is 37.3 Å². The summed E-state index contributed by atoms with van der Waals surface area (Å²) in [5.41, 5.74) is 0.771. The first kappa shape index (κ1) is 23.7. The van der Waals surface area contributed by atoms with Crippen LogP contribution in [0.15, 0.2) is 78.0 Å². The van der Waals surface area contributed by atoms with Crippen LogP contribution in [0.3, 0.4) is 0 Å². The van der Waals surface area contributed by atoms with Gasteiger partial charge in [0.15, 0.2) is 0 Å². The van der Waals surface area contributed by atoms with Gasteiger partial charge >= 0.3 is 0 Å². The van der Waals surface area contributed by atoms with Crippen molar-refractivity contribution in [1.82, 2.24) is 20.2 Å². The maximum absolute atomic E-state index is 12.6. The van der Waals surface area contributed by atoms with E-state index in [9.17, 15) is 14.9 Å². The fourth-order valence-corrected chi connectivity index (χ4v) is 3.74. The molecule has 3 aromatic carbocycles. The molecule has 11 nitrogen and oxygen atoms in total. The highest BCUT2D eigenvalue weighted by molar-refractivity contribution is 7.99. The van der Waals surface area contributed by atoms with Crippen LogP contribution in [0.5, 0.6) is 17.2 Å². The Morgan fingerprint density at radius 3 is 2.51 bits per heavy atom.